The quantitative estimate of drug-likeness (QED) is 0.820. The number of rotatable bonds is 2. The molecule has 2 fully saturated rings. The molecule has 1 aliphatic heterocycles. The van der Waals surface area contributed by atoms with Crippen LogP contribution in [0.5, 0.6) is 0 Å². The van der Waals surface area contributed by atoms with Gasteiger partial charge in [-0.15, -0.1) is 0 Å². The van der Waals surface area contributed by atoms with Crippen molar-refractivity contribution in [1.82, 2.24) is 4.90 Å². The van der Waals surface area contributed by atoms with Gasteiger partial charge in [0.2, 0.25) is 5.91 Å². The summed E-state index contributed by atoms with van der Waals surface area (Å²) in [6, 6.07) is 0.103. The molecule has 2 rings (SSSR count). The van der Waals surface area contributed by atoms with Crippen LogP contribution in [0.15, 0.2) is 0 Å². The standard InChI is InChI=1S/C13H24N2OS/c1-2-10-9-15(7-8-17-10)13(16)11-5-3-4-6-12(11)14/h10-12H,2-9,14H2,1H3. The summed E-state index contributed by atoms with van der Waals surface area (Å²) in [4.78, 5) is 14.5. The summed E-state index contributed by atoms with van der Waals surface area (Å²) in [5.41, 5.74) is 6.10. The average molecular weight is 256 g/mol. The van der Waals surface area contributed by atoms with Crippen LogP contribution in [-0.2, 0) is 4.79 Å². The van der Waals surface area contributed by atoms with Gasteiger partial charge < -0.3 is 10.6 Å². The lowest BCUT2D eigenvalue weighted by Gasteiger charge is -2.37. The number of thioether (sulfide) groups is 1. The van der Waals surface area contributed by atoms with Crippen molar-refractivity contribution in [3.05, 3.63) is 0 Å². The molecule has 0 aromatic carbocycles. The molecule has 0 aromatic heterocycles. The molecule has 4 heteroatoms. The third-order valence-electron chi connectivity index (χ3n) is 4.04. The van der Waals surface area contributed by atoms with Crippen LogP contribution in [0.2, 0.25) is 0 Å². The Morgan fingerprint density at radius 1 is 1.41 bits per heavy atom. The van der Waals surface area contributed by atoms with Gasteiger partial charge in [0.25, 0.3) is 0 Å². The fourth-order valence-electron chi connectivity index (χ4n) is 2.87. The highest BCUT2D eigenvalue weighted by Gasteiger charge is 2.33. The molecule has 1 saturated carbocycles. The first-order valence-electron chi connectivity index (χ1n) is 6.88. The van der Waals surface area contributed by atoms with Crippen molar-refractivity contribution < 1.29 is 4.79 Å². The van der Waals surface area contributed by atoms with Gasteiger partial charge in [0, 0.05) is 30.1 Å². The van der Waals surface area contributed by atoms with E-state index in [1.807, 2.05) is 11.8 Å². The second-order valence-electron chi connectivity index (χ2n) is 5.24. The lowest BCUT2D eigenvalue weighted by molar-refractivity contribution is -0.137. The van der Waals surface area contributed by atoms with E-state index in [-0.39, 0.29) is 12.0 Å². The Morgan fingerprint density at radius 2 is 2.18 bits per heavy atom. The SMILES string of the molecule is CCC1CN(C(=O)C2CCCCC2N)CCS1. The molecule has 1 saturated heterocycles. The first-order valence-corrected chi connectivity index (χ1v) is 7.93. The lowest BCUT2D eigenvalue weighted by atomic mass is 9.84. The number of hydrogen-bond acceptors (Lipinski definition) is 3. The maximum absolute atomic E-state index is 12.5. The van der Waals surface area contributed by atoms with Gasteiger partial charge in [-0.25, -0.2) is 0 Å². The lowest BCUT2D eigenvalue weighted by Crippen LogP contribution is -2.49. The van der Waals surface area contributed by atoms with Crippen molar-refractivity contribution in [2.24, 2.45) is 11.7 Å². The summed E-state index contributed by atoms with van der Waals surface area (Å²) in [6.45, 7) is 4.06. The molecule has 2 N–H and O–H groups in total. The maximum atomic E-state index is 12.5. The monoisotopic (exact) mass is 256 g/mol. The van der Waals surface area contributed by atoms with Gasteiger partial charge in [-0.3, -0.25) is 4.79 Å². The van der Waals surface area contributed by atoms with E-state index in [1.54, 1.807) is 0 Å². The average Bonchev–Trinajstić information content (AvgIpc) is 2.38. The van der Waals surface area contributed by atoms with E-state index in [0.717, 1.165) is 38.1 Å². The van der Waals surface area contributed by atoms with Crippen molar-refractivity contribution >= 4 is 17.7 Å². The molecule has 1 amide bonds. The molecule has 0 radical (unpaired) electrons. The summed E-state index contributed by atoms with van der Waals surface area (Å²) < 4.78 is 0. The Kier molecular flexibility index (Phi) is 4.74. The van der Waals surface area contributed by atoms with Crippen LogP contribution in [0, 0.1) is 5.92 Å². The van der Waals surface area contributed by atoms with Crippen molar-refractivity contribution in [3.63, 3.8) is 0 Å². The zero-order valence-corrected chi connectivity index (χ0v) is 11.5. The van der Waals surface area contributed by atoms with Crippen molar-refractivity contribution in [3.8, 4) is 0 Å². The Labute approximate surface area is 108 Å². The minimum absolute atomic E-state index is 0.101. The van der Waals surface area contributed by atoms with Gasteiger partial charge in [0.1, 0.15) is 0 Å². The van der Waals surface area contributed by atoms with Crippen molar-refractivity contribution in [2.45, 2.75) is 50.3 Å². The predicted octanol–water partition coefficient (Wildman–Crippen LogP) is 1.86. The molecule has 0 bridgehead atoms. The van der Waals surface area contributed by atoms with Gasteiger partial charge in [0.15, 0.2) is 0 Å². The van der Waals surface area contributed by atoms with Crippen LogP contribution >= 0.6 is 11.8 Å². The fraction of sp³-hybridized carbons (Fsp3) is 0.923. The third kappa shape index (κ3) is 3.16. The van der Waals surface area contributed by atoms with E-state index in [0.29, 0.717) is 11.2 Å². The predicted molar refractivity (Wildman–Crippen MR) is 73.1 cm³/mol. The zero-order chi connectivity index (χ0) is 12.3. The van der Waals surface area contributed by atoms with E-state index in [4.69, 9.17) is 5.73 Å². The summed E-state index contributed by atoms with van der Waals surface area (Å²) in [7, 11) is 0. The number of amides is 1. The molecular formula is C13H24N2OS. The minimum atomic E-state index is 0.101. The molecule has 3 unspecified atom stereocenters. The molecule has 3 atom stereocenters. The number of hydrogen-bond donors (Lipinski definition) is 1. The van der Waals surface area contributed by atoms with Crippen LogP contribution in [0.1, 0.15) is 39.0 Å². The molecule has 1 heterocycles. The van der Waals surface area contributed by atoms with E-state index < -0.39 is 0 Å². The van der Waals surface area contributed by atoms with Crippen LogP contribution in [0.25, 0.3) is 0 Å². The second kappa shape index (κ2) is 6.10. The molecule has 3 nitrogen and oxygen atoms in total. The summed E-state index contributed by atoms with van der Waals surface area (Å²) in [6.07, 6.45) is 5.55. The van der Waals surface area contributed by atoms with E-state index in [1.165, 1.54) is 12.8 Å². The molecule has 1 aliphatic carbocycles. The number of carbonyl (C=O) groups excluding carboxylic acids is 1. The van der Waals surface area contributed by atoms with Crippen molar-refractivity contribution in [2.75, 3.05) is 18.8 Å². The van der Waals surface area contributed by atoms with Gasteiger partial charge >= 0.3 is 0 Å². The maximum Gasteiger partial charge on any atom is 0.227 e. The first kappa shape index (κ1) is 13.2. The molecule has 17 heavy (non-hydrogen) atoms. The Bertz CT molecular complexity index is 272. The summed E-state index contributed by atoms with van der Waals surface area (Å²) in [5, 5.41) is 0.632. The van der Waals surface area contributed by atoms with Gasteiger partial charge in [-0.2, -0.15) is 11.8 Å². The smallest absolute Gasteiger partial charge is 0.227 e. The first-order chi connectivity index (χ1) is 8.22. The van der Waals surface area contributed by atoms with Crippen LogP contribution in [0.4, 0.5) is 0 Å². The molecule has 2 aliphatic rings. The van der Waals surface area contributed by atoms with Gasteiger partial charge in [-0.05, 0) is 19.3 Å². The normalized spacial score (nSPS) is 34.7. The van der Waals surface area contributed by atoms with Crippen molar-refractivity contribution in [1.29, 1.82) is 0 Å². The van der Waals surface area contributed by atoms with Crippen LogP contribution in [0.3, 0.4) is 0 Å². The van der Waals surface area contributed by atoms with E-state index >= 15 is 0 Å². The Balaban J connectivity index is 1.93. The molecule has 0 spiro atoms. The summed E-state index contributed by atoms with van der Waals surface area (Å²) in [5.74, 6) is 1.52. The van der Waals surface area contributed by atoms with Crippen LogP contribution in [-0.4, -0.2) is 40.9 Å². The molecule has 0 aromatic rings. The largest absolute Gasteiger partial charge is 0.340 e. The second-order valence-corrected chi connectivity index (χ2v) is 6.65. The molecule has 98 valence electrons. The topological polar surface area (TPSA) is 46.3 Å². The number of nitrogens with two attached hydrogens (primary N) is 1. The van der Waals surface area contributed by atoms with Gasteiger partial charge in [0.05, 0.1) is 5.92 Å². The highest BCUT2D eigenvalue weighted by molar-refractivity contribution is 8.00. The van der Waals surface area contributed by atoms with E-state index in [9.17, 15) is 4.79 Å². The number of carbonyl (C=O) groups is 1. The third-order valence-corrected chi connectivity index (χ3v) is 5.41. The highest BCUT2D eigenvalue weighted by Crippen LogP contribution is 2.28. The fourth-order valence-corrected chi connectivity index (χ4v) is 4.05. The Morgan fingerprint density at radius 3 is 2.88 bits per heavy atom. The summed E-state index contributed by atoms with van der Waals surface area (Å²) >= 11 is 2.01. The zero-order valence-electron chi connectivity index (χ0n) is 10.7. The van der Waals surface area contributed by atoms with Gasteiger partial charge in [-0.1, -0.05) is 19.8 Å². The van der Waals surface area contributed by atoms with E-state index in [2.05, 4.69) is 11.8 Å². The number of nitrogens with zero attached hydrogens (tertiary/aromatic N) is 1. The molecular weight excluding hydrogens is 232 g/mol. The minimum Gasteiger partial charge on any atom is -0.340 e. The van der Waals surface area contributed by atoms with Crippen LogP contribution < -0.4 is 5.73 Å². The highest BCUT2D eigenvalue weighted by atomic mass is 32.2. The Hall–Kier alpha value is -0.220.